The Labute approximate surface area is 211 Å². The highest BCUT2D eigenvalue weighted by Gasteiger charge is 2.13. The smallest absolute Gasteiger partial charge is 0.323 e. The van der Waals surface area contributed by atoms with Crippen LogP contribution in [0.2, 0.25) is 0 Å². The number of ether oxygens (including phenoxy) is 2. The molecule has 0 radical (unpaired) electrons. The number of hydrogen-bond acceptors (Lipinski definition) is 8. The highest BCUT2D eigenvalue weighted by Crippen LogP contribution is 2.32. The van der Waals surface area contributed by atoms with Gasteiger partial charge in [0.25, 0.3) is 0 Å². The van der Waals surface area contributed by atoms with E-state index in [0.29, 0.717) is 12.4 Å². The number of rotatable bonds is 8. The lowest BCUT2D eigenvalue weighted by atomic mass is 10.2. The first-order valence-corrected chi connectivity index (χ1v) is 12.9. The summed E-state index contributed by atoms with van der Waals surface area (Å²) in [4.78, 5) is 29.2. The number of nitrogens with zero attached hydrogens (tertiary/aromatic N) is 3. The molecular formula is C26H26N6O3S. The summed E-state index contributed by atoms with van der Waals surface area (Å²) in [5, 5.41) is 5.42. The van der Waals surface area contributed by atoms with Crippen molar-refractivity contribution in [2.45, 2.75) is 6.42 Å². The first-order valence-electron chi connectivity index (χ1n) is 12.0. The van der Waals surface area contributed by atoms with Gasteiger partial charge < -0.3 is 24.8 Å². The van der Waals surface area contributed by atoms with Crippen LogP contribution < -0.4 is 15.7 Å². The topological polar surface area (TPSA) is 108 Å². The molecule has 10 heteroatoms. The summed E-state index contributed by atoms with van der Waals surface area (Å²) in [5.74, 6) is 2.15. The van der Waals surface area contributed by atoms with Gasteiger partial charge in [0.1, 0.15) is 5.75 Å². The van der Waals surface area contributed by atoms with Gasteiger partial charge in [-0.05, 0) is 48.2 Å². The van der Waals surface area contributed by atoms with Crippen molar-refractivity contribution in [1.82, 2.24) is 24.8 Å². The van der Waals surface area contributed by atoms with Crippen LogP contribution in [0, 0.1) is 0 Å². The number of anilines is 2. The molecule has 0 amide bonds. The zero-order valence-corrected chi connectivity index (χ0v) is 20.4. The fourth-order valence-electron chi connectivity index (χ4n) is 4.35. The lowest BCUT2D eigenvalue weighted by molar-refractivity contribution is 0.0358. The van der Waals surface area contributed by atoms with Crippen LogP contribution in [-0.2, 0) is 4.74 Å². The number of fused-ring (bicyclic) bond motifs is 2. The lowest BCUT2D eigenvalue weighted by Crippen LogP contribution is -2.37. The number of H-pyrrole nitrogens is 2. The summed E-state index contributed by atoms with van der Waals surface area (Å²) in [6, 6.07) is 15.6. The van der Waals surface area contributed by atoms with E-state index in [0.717, 1.165) is 83.3 Å². The van der Waals surface area contributed by atoms with Gasteiger partial charge in [-0.1, -0.05) is 12.1 Å². The standard InChI is InChI=1S/C26H26N6O3S/c33-26-29-20-6-5-18(16-22(20)30-26)27-25-23-21(7-14-36-23)28-24(31-25)17-3-1-4-19(15-17)35-11-2-8-32-9-12-34-13-10-32/h1,3-7,14-16H,2,8-13H2,(H,27,28,31)(H2,29,30,33). The molecule has 1 aliphatic heterocycles. The molecule has 0 unspecified atom stereocenters. The maximum absolute atomic E-state index is 11.6. The van der Waals surface area contributed by atoms with E-state index in [2.05, 4.69) is 20.2 Å². The fraction of sp³-hybridized carbons (Fsp3) is 0.269. The van der Waals surface area contributed by atoms with E-state index in [4.69, 9.17) is 19.4 Å². The van der Waals surface area contributed by atoms with Crippen LogP contribution >= 0.6 is 11.3 Å². The molecule has 36 heavy (non-hydrogen) atoms. The minimum atomic E-state index is -0.227. The number of morpholine rings is 1. The van der Waals surface area contributed by atoms with E-state index in [-0.39, 0.29) is 5.69 Å². The molecule has 2 aromatic carbocycles. The number of thiophene rings is 1. The highest BCUT2D eigenvalue weighted by atomic mass is 32.1. The number of aromatic nitrogens is 4. The monoisotopic (exact) mass is 502 g/mol. The third-order valence-electron chi connectivity index (χ3n) is 6.17. The predicted octanol–water partition coefficient (Wildman–Crippen LogP) is 4.37. The summed E-state index contributed by atoms with van der Waals surface area (Å²) in [7, 11) is 0. The van der Waals surface area contributed by atoms with Gasteiger partial charge in [0, 0.05) is 30.9 Å². The normalized spacial score (nSPS) is 14.4. The SMILES string of the molecule is O=c1[nH]c2ccc(Nc3nc(-c4cccc(OCCCN5CCOCC5)c4)nc4ccsc34)cc2[nH]1. The van der Waals surface area contributed by atoms with Gasteiger partial charge in [-0.2, -0.15) is 0 Å². The minimum Gasteiger partial charge on any atom is -0.494 e. The van der Waals surface area contributed by atoms with Crippen LogP contribution in [0.1, 0.15) is 6.42 Å². The van der Waals surface area contributed by atoms with Crippen molar-refractivity contribution in [2.24, 2.45) is 0 Å². The van der Waals surface area contributed by atoms with Gasteiger partial charge in [-0.25, -0.2) is 14.8 Å². The van der Waals surface area contributed by atoms with Gasteiger partial charge in [0.2, 0.25) is 0 Å². The molecule has 0 spiro atoms. The molecule has 184 valence electrons. The third kappa shape index (κ3) is 4.97. The van der Waals surface area contributed by atoms with Crippen molar-refractivity contribution >= 4 is 44.1 Å². The second kappa shape index (κ2) is 10.1. The summed E-state index contributed by atoms with van der Waals surface area (Å²) >= 11 is 1.59. The van der Waals surface area contributed by atoms with Crippen molar-refractivity contribution in [3.05, 3.63) is 64.4 Å². The molecule has 1 fully saturated rings. The van der Waals surface area contributed by atoms with Gasteiger partial charge >= 0.3 is 5.69 Å². The van der Waals surface area contributed by atoms with Crippen LogP contribution in [0.3, 0.4) is 0 Å². The molecule has 9 nitrogen and oxygen atoms in total. The first-order chi connectivity index (χ1) is 17.7. The Balaban J connectivity index is 1.20. The van der Waals surface area contributed by atoms with Crippen LogP contribution in [0.5, 0.6) is 5.75 Å². The summed E-state index contributed by atoms with van der Waals surface area (Å²) in [5.41, 5.74) is 3.87. The minimum absolute atomic E-state index is 0.227. The Morgan fingerprint density at radius 3 is 2.86 bits per heavy atom. The van der Waals surface area contributed by atoms with Crippen molar-refractivity contribution in [1.29, 1.82) is 0 Å². The summed E-state index contributed by atoms with van der Waals surface area (Å²) in [6.07, 6.45) is 0.965. The molecule has 0 atom stereocenters. The zero-order chi connectivity index (χ0) is 24.3. The van der Waals surface area contributed by atoms with Crippen molar-refractivity contribution in [2.75, 3.05) is 44.8 Å². The molecule has 6 rings (SSSR count). The lowest BCUT2D eigenvalue weighted by Gasteiger charge is -2.26. The van der Waals surface area contributed by atoms with E-state index in [1.165, 1.54) is 0 Å². The average Bonchev–Trinajstić information content (AvgIpc) is 3.53. The van der Waals surface area contributed by atoms with Crippen LogP contribution in [-0.4, -0.2) is 64.3 Å². The Morgan fingerprint density at radius 2 is 1.94 bits per heavy atom. The Morgan fingerprint density at radius 1 is 1.06 bits per heavy atom. The van der Waals surface area contributed by atoms with Gasteiger partial charge in [0.05, 0.1) is 41.1 Å². The predicted molar refractivity (Wildman–Crippen MR) is 142 cm³/mol. The first kappa shape index (κ1) is 22.7. The Kier molecular flexibility index (Phi) is 6.37. The maximum atomic E-state index is 11.6. The van der Waals surface area contributed by atoms with E-state index in [1.54, 1.807) is 11.3 Å². The van der Waals surface area contributed by atoms with Crippen LogP contribution in [0.4, 0.5) is 11.5 Å². The molecule has 3 aromatic heterocycles. The molecule has 3 N–H and O–H groups in total. The van der Waals surface area contributed by atoms with Crippen molar-refractivity contribution in [3.63, 3.8) is 0 Å². The van der Waals surface area contributed by atoms with Gasteiger partial charge in [-0.3, -0.25) is 4.90 Å². The van der Waals surface area contributed by atoms with Crippen molar-refractivity contribution in [3.8, 4) is 17.1 Å². The number of aromatic amines is 2. The maximum Gasteiger partial charge on any atom is 0.323 e. The van der Waals surface area contributed by atoms with E-state index < -0.39 is 0 Å². The fourth-order valence-corrected chi connectivity index (χ4v) is 5.13. The highest BCUT2D eigenvalue weighted by molar-refractivity contribution is 7.17. The zero-order valence-electron chi connectivity index (χ0n) is 19.6. The molecule has 1 aliphatic rings. The molecule has 5 aromatic rings. The molecule has 0 aliphatic carbocycles. The van der Waals surface area contributed by atoms with Crippen LogP contribution in [0.25, 0.3) is 32.6 Å². The largest absolute Gasteiger partial charge is 0.494 e. The Bertz CT molecular complexity index is 1550. The quantitative estimate of drug-likeness (QED) is 0.270. The van der Waals surface area contributed by atoms with E-state index in [9.17, 15) is 4.79 Å². The van der Waals surface area contributed by atoms with E-state index in [1.807, 2.05) is 53.9 Å². The second-order valence-corrected chi connectivity index (χ2v) is 9.60. The molecule has 0 saturated carbocycles. The molecular weight excluding hydrogens is 476 g/mol. The Hall–Kier alpha value is -3.73. The number of hydrogen-bond donors (Lipinski definition) is 3. The van der Waals surface area contributed by atoms with E-state index >= 15 is 0 Å². The van der Waals surface area contributed by atoms with Gasteiger partial charge in [-0.15, -0.1) is 11.3 Å². The summed E-state index contributed by atoms with van der Waals surface area (Å²) in [6.45, 7) is 5.28. The number of imidazole rings is 1. The average molecular weight is 503 g/mol. The molecule has 4 heterocycles. The number of benzene rings is 2. The van der Waals surface area contributed by atoms with Gasteiger partial charge in [0.15, 0.2) is 11.6 Å². The van der Waals surface area contributed by atoms with Crippen LogP contribution in [0.15, 0.2) is 58.7 Å². The van der Waals surface area contributed by atoms with Crippen molar-refractivity contribution < 1.29 is 9.47 Å². The molecule has 1 saturated heterocycles. The number of nitrogens with one attached hydrogen (secondary N) is 3. The second-order valence-electron chi connectivity index (χ2n) is 8.68. The third-order valence-corrected chi connectivity index (χ3v) is 7.08. The summed E-state index contributed by atoms with van der Waals surface area (Å²) < 4.78 is 12.4. The molecule has 0 bridgehead atoms.